The topological polar surface area (TPSA) is 49.6 Å². The highest BCUT2D eigenvalue weighted by molar-refractivity contribution is 5.87. The predicted molar refractivity (Wildman–Crippen MR) is 116 cm³/mol. The van der Waals surface area contributed by atoms with Crippen molar-refractivity contribution < 1.29 is 13.6 Å². The first-order valence-electron chi connectivity index (χ1n) is 10.2. The van der Waals surface area contributed by atoms with Crippen LogP contribution in [-0.4, -0.2) is 48.9 Å². The molecule has 160 valence electrons. The van der Waals surface area contributed by atoms with E-state index in [1.165, 1.54) is 6.07 Å². The predicted octanol–water partition coefficient (Wildman–Crippen LogP) is 3.77. The first kappa shape index (κ1) is 22.1. The molecule has 0 saturated carbocycles. The normalized spacial score (nSPS) is 19.8. The SMILES string of the molecule is C[C@H](N)C(=O)N1CC(c2cc(F)ccc2F)=C[C@@]1(CCCN(C)C)c1ccccc1. The molecule has 30 heavy (non-hydrogen) atoms. The van der Waals surface area contributed by atoms with E-state index in [9.17, 15) is 13.6 Å². The molecule has 3 rings (SSSR count). The lowest BCUT2D eigenvalue weighted by atomic mass is 9.83. The summed E-state index contributed by atoms with van der Waals surface area (Å²) in [6.45, 7) is 2.67. The molecule has 0 bridgehead atoms. The molecule has 0 aliphatic carbocycles. The van der Waals surface area contributed by atoms with E-state index in [1.54, 1.807) is 11.8 Å². The van der Waals surface area contributed by atoms with Gasteiger partial charge in [-0.05, 0) is 75.8 Å². The van der Waals surface area contributed by atoms with Crippen molar-refractivity contribution in [3.63, 3.8) is 0 Å². The number of hydrogen-bond acceptors (Lipinski definition) is 3. The molecule has 1 aliphatic rings. The fraction of sp³-hybridized carbons (Fsp3) is 0.375. The number of halogens is 2. The number of nitrogens with two attached hydrogens (primary N) is 1. The van der Waals surface area contributed by atoms with Gasteiger partial charge in [0.15, 0.2) is 0 Å². The summed E-state index contributed by atoms with van der Waals surface area (Å²) in [5, 5.41) is 0. The highest BCUT2D eigenvalue weighted by Gasteiger charge is 2.45. The minimum atomic E-state index is -0.768. The van der Waals surface area contributed by atoms with E-state index in [0.717, 1.165) is 30.7 Å². The van der Waals surface area contributed by atoms with Crippen LogP contribution in [0.5, 0.6) is 0 Å². The van der Waals surface area contributed by atoms with Crippen molar-refractivity contribution in [3.05, 3.63) is 77.4 Å². The van der Waals surface area contributed by atoms with Crippen LogP contribution in [0.25, 0.3) is 5.57 Å². The lowest BCUT2D eigenvalue weighted by Gasteiger charge is -2.40. The van der Waals surface area contributed by atoms with E-state index in [1.807, 2.05) is 50.5 Å². The molecule has 0 spiro atoms. The fourth-order valence-corrected chi connectivity index (χ4v) is 4.13. The standard InChI is InChI=1S/C24H29F2N3O/c1-17(27)23(30)29-16-18(21-14-20(25)10-11-22(21)26)15-24(29,12-7-13-28(2)3)19-8-5-4-6-9-19/h4-6,8-11,14-15,17H,7,12-13,16,27H2,1-3H3/t17-,24-/m0/s1. The van der Waals surface area contributed by atoms with Crippen LogP contribution in [0.1, 0.15) is 30.9 Å². The third-order valence-electron chi connectivity index (χ3n) is 5.59. The van der Waals surface area contributed by atoms with E-state index >= 15 is 0 Å². The average molecular weight is 414 g/mol. The maximum Gasteiger partial charge on any atom is 0.240 e. The molecular weight excluding hydrogens is 384 g/mol. The second kappa shape index (κ2) is 9.06. The lowest BCUT2D eigenvalue weighted by Crippen LogP contribution is -2.51. The van der Waals surface area contributed by atoms with E-state index in [4.69, 9.17) is 5.73 Å². The van der Waals surface area contributed by atoms with Gasteiger partial charge in [0.2, 0.25) is 5.91 Å². The average Bonchev–Trinajstić information content (AvgIpc) is 3.10. The minimum Gasteiger partial charge on any atom is -0.324 e. The molecule has 2 N–H and O–H groups in total. The Kier molecular flexibility index (Phi) is 6.68. The number of nitrogens with zero attached hydrogens (tertiary/aromatic N) is 2. The lowest BCUT2D eigenvalue weighted by molar-refractivity contribution is -0.136. The Balaban J connectivity index is 2.15. The third kappa shape index (κ3) is 4.45. The van der Waals surface area contributed by atoms with Crippen molar-refractivity contribution in [2.24, 2.45) is 5.73 Å². The Morgan fingerprint density at radius 1 is 1.20 bits per heavy atom. The summed E-state index contributed by atoms with van der Waals surface area (Å²) in [5.41, 5.74) is 6.92. The number of benzene rings is 2. The number of hydrogen-bond donors (Lipinski definition) is 1. The molecule has 1 heterocycles. The van der Waals surface area contributed by atoms with Gasteiger partial charge in [-0.15, -0.1) is 0 Å². The largest absolute Gasteiger partial charge is 0.324 e. The quantitative estimate of drug-likeness (QED) is 0.752. The monoisotopic (exact) mass is 413 g/mol. The van der Waals surface area contributed by atoms with Crippen molar-refractivity contribution in [2.45, 2.75) is 31.3 Å². The van der Waals surface area contributed by atoms with Crippen LogP contribution in [-0.2, 0) is 10.3 Å². The molecule has 0 radical (unpaired) electrons. The van der Waals surface area contributed by atoms with Crippen molar-refractivity contribution in [3.8, 4) is 0 Å². The summed E-state index contributed by atoms with van der Waals surface area (Å²) >= 11 is 0. The van der Waals surface area contributed by atoms with Crippen molar-refractivity contribution in [2.75, 3.05) is 27.2 Å². The Bertz CT molecular complexity index is 927. The number of carbonyl (C=O) groups is 1. The molecule has 4 nitrogen and oxygen atoms in total. The molecule has 0 aromatic heterocycles. The molecule has 0 unspecified atom stereocenters. The maximum absolute atomic E-state index is 14.6. The molecule has 2 atom stereocenters. The molecule has 2 aromatic rings. The summed E-state index contributed by atoms with van der Waals surface area (Å²) in [6.07, 6.45) is 3.39. The van der Waals surface area contributed by atoms with Crippen LogP contribution < -0.4 is 5.73 Å². The minimum absolute atomic E-state index is 0.178. The summed E-state index contributed by atoms with van der Waals surface area (Å²) in [4.78, 5) is 17.0. The molecule has 1 aliphatic heterocycles. The molecular formula is C24H29F2N3O. The Morgan fingerprint density at radius 3 is 2.53 bits per heavy atom. The van der Waals surface area contributed by atoms with Gasteiger partial charge < -0.3 is 15.5 Å². The Hall–Kier alpha value is -2.57. The van der Waals surface area contributed by atoms with Crippen LogP contribution in [0.3, 0.4) is 0 Å². The van der Waals surface area contributed by atoms with Gasteiger partial charge in [-0.3, -0.25) is 4.79 Å². The smallest absolute Gasteiger partial charge is 0.240 e. The molecule has 6 heteroatoms. The van der Waals surface area contributed by atoms with Crippen LogP contribution in [0.15, 0.2) is 54.6 Å². The maximum atomic E-state index is 14.6. The zero-order valence-electron chi connectivity index (χ0n) is 17.7. The number of rotatable bonds is 7. The number of amides is 1. The second-order valence-electron chi connectivity index (χ2n) is 8.20. The van der Waals surface area contributed by atoms with Crippen LogP contribution in [0.4, 0.5) is 8.78 Å². The summed E-state index contributed by atoms with van der Waals surface area (Å²) in [7, 11) is 4.00. The summed E-state index contributed by atoms with van der Waals surface area (Å²) in [5.74, 6) is -1.23. The zero-order chi connectivity index (χ0) is 21.9. The number of carbonyl (C=O) groups excluding carboxylic acids is 1. The summed E-state index contributed by atoms with van der Waals surface area (Å²) in [6, 6.07) is 12.4. The van der Waals surface area contributed by atoms with Gasteiger partial charge in [-0.25, -0.2) is 8.78 Å². The summed E-state index contributed by atoms with van der Waals surface area (Å²) < 4.78 is 28.5. The van der Waals surface area contributed by atoms with Crippen molar-refractivity contribution in [1.82, 2.24) is 9.80 Å². The Morgan fingerprint density at radius 2 is 1.90 bits per heavy atom. The second-order valence-corrected chi connectivity index (χ2v) is 8.20. The van der Waals surface area contributed by atoms with Crippen LogP contribution >= 0.6 is 0 Å². The third-order valence-corrected chi connectivity index (χ3v) is 5.59. The van der Waals surface area contributed by atoms with Gasteiger partial charge in [0.25, 0.3) is 0 Å². The first-order chi connectivity index (χ1) is 14.2. The van der Waals surface area contributed by atoms with Gasteiger partial charge in [-0.2, -0.15) is 0 Å². The van der Waals surface area contributed by atoms with Gasteiger partial charge in [0.1, 0.15) is 11.6 Å². The van der Waals surface area contributed by atoms with E-state index in [-0.39, 0.29) is 18.0 Å². The molecule has 0 saturated heterocycles. The van der Waals surface area contributed by atoms with Crippen molar-refractivity contribution in [1.29, 1.82) is 0 Å². The van der Waals surface area contributed by atoms with Crippen molar-refractivity contribution >= 4 is 11.5 Å². The molecule has 1 amide bonds. The fourth-order valence-electron chi connectivity index (χ4n) is 4.13. The first-order valence-corrected chi connectivity index (χ1v) is 10.2. The van der Waals surface area contributed by atoms with E-state index in [2.05, 4.69) is 4.90 Å². The van der Waals surface area contributed by atoms with Gasteiger partial charge in [-0.1, -0.05) is 30.3 Å². The molecule has 0 fully saturated rings. The zero-order valence-corrected chi connectivity index (χ0v) is 17.7. The molecule has 2 aromatic carbocycles. The van der Waals surface area contributed by atoms with E-state index in [0.29, 0.717) is 12.0 Å². The highest BCUT2D eigenvalue weighted by Crippen LogP contribution is 2.44. The Labute approximate surface area is 177 Å². The van der Waals surface area contributed by atoms with Crippen LogP contribution in [0, 0.1) is 11.6 Å². The van der Waals surface area contributed by atoms with E-state index < -0.39 is 23.2 Å². The van der Waals surface area contributed by atoms with Gasteiger partial charge >= 0.3 is 0 Å². The van der Waals surface area contributed by atoms with Gasteiger partial charge in [0, 0.05) is 12.1 Å². The van der Waals surface area contributed by atoms with Gasteiger partial charge in [0.05, 0.1) is 11.6 Å². The van der Waals surface area contributed by atoms with Crippen LogP contribution in [0.2, 0.25) is 0 Å². The highest BCUT2D eigenvalue weighted by atomic mass is 19.1.